The molecule has 1 aromatic carbocycles. The lowest BCUT2D eigenvalue weighted by molar-refractivity contribution is -0.124. The standard InChI is InChI=1S/C23H28FN3O5S/c1-23(20(29)14-28,33(4,31)32)9-10-27-13-19(24)18-11-15(5-7-17(18)22(27)30)16-6-8-21(25-12-16)26(2)3/h5-8,11-12,19,28H,9-10,13-14H2,1-4H3/t19?,23-/m1/s1. The molecule has 2 atom stereocenters. The lowest BCUT2D eigenvalue weighted by atomic mass is 9.92. The van der Waals surface area contributed by atoms with Crippen molar-refractivity contribution in [2.45, 2.75) is 24.3 Å². The fourth-order valence-electron chi connectivity index (χ4n) is 3.80. The lowest BCUT2D eigenvalue weighted by Gasteiger charge is -2.34. The van der Waals surface area contributed by atoms with Crippen molar-refractivity contribution in [3.8, 4) is 11.1 Å². The second-order valence-corrected chi connectivity index (χ2v) is 11.1. The minimum atomic E-state index is -3.86. The highest BCUT2D eigenvalue weighted by atomic mass is 32.2. The van der Waals surface area contributed by atoms with Gasteiger partial charge in [-0.2, -0.15) is 0 Å². The van der Waals surface area contributed by atoms with E-state index < -0.39 is 39.1 Å². The molecular formula is C23H28FN3O5S. The van der Waals surface area contributed by atoms with Crippen molar-refractivity contribution in [3.05, 3.63) is 47.7 Å². The number of rotatable bonds is 8. The molecule has 1 aliphatic rings. The van der Waals surface area contributed by atoms with Gasteiger partial charge in [0.25, 0.3) is 5.91 Å². The van der Waals surface area contributed by atoms with Crippen molar-refractivity contribution in [3.63, 3.8) is 0 Å². The highest BCUT2D eigenvalue weighted by Gasteiger charge is 2.43. The number of aromatic nitrogens is 1. The van der Waals surface area contributed by atoms with Crippen molar-refractivity contribution in [1.29, 1.82) is 0 Å². The van der Waals surface area contributed by atoms with Crippen molar-refractivity contribution in [1.82, 2.24) is 9.88 Å². The smallest absolute Gasteiger partial charge is 0.254 e. The van der Waals surface area contributed by atoms with Crippen LogP contribution < -0.4 is 4.90 Å². The lowest BCUT2D eigenvalue weighted by Crippen LogP contribution is -2.49. The molecule has 0 saturated carbocycles. The van der Waals surface area contributed by atoms with Gasteiger partial charge in [-0.3, -0.25) is 9.59 Å². The Kier molecular flexibility index (Phi) is 6.90. The SMILES string of the molecule is CN(C)c1ccc(-c2ccc3c(c2)C(F)CN(CC[C@](C)(C(=O)CO)S(C)(=O)=O)C3=O)cn1. The van der Waals surface area contributed by atoms with E-state index in [0.29, 0.717) is 0 Å². The zero-order chi connectivity index (χ0) is 24.6. The molecule has 178 valence electrons. The van der Waals surface area contributed by atoms with Gasteiger partial charge in [-0.1, -0.05) is 6.07 Å². The van der Waals surface area contributed by atoms with Crippen LogP contribution in [0.2, 0.25) is 0 Å². The number of aliphatic hydroxyl groups is 1. The van der Waals surface area contributed by atoms with E-state index in [2.05, 4.69) is 4.98 Å². The van der Waals surface area contributed by atoms with Crippen LogP contribution in [-0.2, 0) is 14.6 Å². The molecule has 33 heavy (non-hydrogen) atoms. The van der Waals surface area contributed by atoms with Crippen LogP contribution in [0.1, 0.15) is 35.4 Å². The van der Waals surface area contributed by atoms with Gasteiger partial charge in [-0.15, -0.1) is 0 Å². The number of aliphatic hydroxyl groups excluding tert-OH is 1. The molecule has 1 aromatic heterocycles. The summed E-state index contributed by atoms with van der Waals surface area (Å²) >= 11 is 0. The molecule has 2 heterocycles. The van der Waals surface area contributed by atoms with Gasteiger partial charge < -0.3 is 14.9 Å². The summed E-state index contributed by atoms with van der Waals surface area (Å²) in [6, 6.07) is 8.63. The largest absolute Gasteiger partial charge is 0.389 e. The van der Waals surface area contributed by atoms with Crippen molar-refractivity contribution < 1.29 is 27.5 Å². The maximum absolute atomic E-state index is 15.1. The quantitative estimate of drug-likeness (QED) is 0.620. The summed E-state index contributed by atoms with van der Waals surface area (Å²) in [5, 5.41) is 9.20. The van der Waals surface area contributed by atoms with Gasteiger partial charge in [0.2, 0.25) is 0 Å². The Morgan fingerprint density at radius 3 is 2.48 bits per heavy atom. The number of alkyl halides is 1. The first-order valence-electron chi connectivity index (χ1n) is 10.4. The molecule has 0 radical (unpaired) electrons. The Labute approximate surface area is 193 Å². The van der Waals surface area contributed by atoms with E-state index in [4.69, 9.17) is 0 Å². The van der Waals surface area contributed by atoms with Crippen LogP contribution in [0.4, 0.5) is 10.2 Å². The number of halogens is 1. The molecule has 0 spiro atoms. The monoisotopic (exact) mass is 477 g/mol. The van der Waals surface area contributed by atoms with Crippen LogP contribution in [0.3, 0.4) is 0 Å². The van der Waals surface area contributed by atoms with Crippen LogP contribution in [0.25, 0.3) is 11.1 Å². The second-order valence-electron chi connectivity index (χ2n) is 8.65. The fraction of sp³-hybridized carbons (Fsp3) is 0.435. The first kappa shape index (κ1) is 24.8. The van der Waals surface area contributed by atoms with Gasteiger partial charge in [-0.25, -0.2) is 17.8 Å². The molecule has 8 nitrogen and oxygen atoms in total. The van der Waals surface area contributed by atoms with E-state index in [1.54, 1.807) is 24.4 Å². The number of carbonyl (C=O) groups is 2. The number of hydrogen-bond acceptors (Lipinski definition) is 7. The molecular weight excluding hydrogens is 449 g/mol. The number of ketones is 1. The van der Waals surface area contributed by atoms with Crippen LogP contribution in [0.15, 0.2) is 36.5 Å². The first-order valence-corrected chi connectivity index (χ1v) is 12.3. The summed E-state index contributed by atoms with van der Waals surface area (Å²) in [7, 11) is -0.105. The predicted molar refractivity (Wildman–Crippen MR) is 124 cm³/mol. The maximum Gasteiger partial charge on any atom is 0.254 e. The maximum atomic E-state index is 15.1. The molecule has 1 amide bonds. The summed E-state index contributed by atoms with van der Waals surface area (Å²) < 4.78 is 37.6. The Bertz CT molecular complexity index is 1170. The summed E-state index contributed by atoms with van der Waals surface area (Å²) in [5.74, 6) is -0.504. The van der Waals surface area contributed by atoms with Crippen molar-refractivity contribution >= 4 is 27.3 Å². The van der Waals surface area contributed by atoms with E-state index in [1.807, 2.05) is 31.1 Å². The van der Waals surface area contributed by atoms with Gasteiger partial charge in [-0.05, 0) is 43.2 Å². The molecule has 0 bridgehead atoms. The number of pyridine rings is 1. The molecule has 1 unspecified atom stereocenters. The number of amides is 1. The van der Waals surface area contributed by atoms with Crippen molar-refractivity contribution in [2.24, 2.45) is 0 Å². The van der Waals surface area contributed by atoms with Crippen LogP contribution in [-0.4, -0.2) is 79.9 Å². The van der Waals surface area contributed by atoms with E-state index in [-0.39, 0.29) is 30.6 Å². The second kappa shape index (κ2) is 9.18. The molecule has 1 N–H and O–H groups in total. The third-order valence-corrected chi connectivity index (χ3v) is 8.31. The number of anilines is 1. The Morgan fingerprint density at radius 1 is 1.27 bits per heavy atom. The number of fused-ring (bicyclic) bond motifs is 1. The Hall–Kier alpha value is -2.85. The number of carbonyl (C=O) groups excluding carboxylic acids is 2. The number of sulfone groups is 1. The number of hydrogen-bond donors (Lipinski definition) is 1. The first-order chi connectivity index (χ1) is 15.4. The molecule has 0 saturated heterocycles. The highest BCUT2D eigenvalue weighted by molar-refractivity contribution is 7.92. The highest BCUT2D eigenvalue weighted by Crippen LogP contribution is 2.34. The fourth-order valence-corrected chi connectivity index (χ4v) is 4.74. The van der Waals surface area contributed by atoms with E-state index >= 15 is 4.39 Å². The molecule has 3 rings (SSSR count). The van der Waals surface area contributed by atoms with Gasteiger partial charge >= 0.3 is 0 Å². The van der Waals surface area contributed by atoms with Gasteiger partial charge in [0.05, 0.1) is 6.54 Å². The van der Waals surface area contributed by atoms with Crippen LogP contribution in [0.5, 0.6) is 0 Å². The minimum absolute atomic E-state index is 0.133. The molecule has 10 heteroatoms. The number of nitrogens with zero attached hydrogens (tertiary/aromatic N) is 3. The number of Topliss-reactive ketones (excluding diaryl/α,β-unsaturated/α-hetero) is 1. The predicted octanol–water partition coefficient (Wildman–Crippen LogP) is 2.04. The average molecular weight is 478 g/mol. The summed E-state index contributed by atoms with van der Waals surface area (Å²) in [6.07, 6.45) is 0.893. The topological polar surface area (TPSA) is 108 Å². The van der Waals surface area contributed by atoms with Crippen LogP contribution in [0, 0.1) is 0 Å². The van der Waals surface area contributed by atoms with Crippen molar-refractivity contribution in [2.75, 3.05) is 44.9 Å². The Morgan fingerprint density at radius 2 is 1.94 bits per heavy atom. The summed E-state index contributed by atoms with van der Waals surface area (Å²) in [6.45, 7) is -0.0940. The van der Waals surface area contributed by atoms with Gasteiger partial charge in [0, 0.05) is 49.8 Å². The molecule has 2 aromatic rings. The zero-order valence-corrected chi connectivity index (χ0v) is 19.9. The zero-order valence-electron chi connectivity index (χ0n) is 19.1. The number of benzene rings is 1. The Balaban J connectivity index is 1.84. The molecule has 1 aliphatic heterocycles. The summed E-state index contributed by atoms with van der Waals surface area (Å²) in [4.78, 5) is 32.6. The third-order valence-electron chi connectivity index (χ3n) is 6.24. The third kappa shape index (κ3) is 4.77. The van der Waals surface area contributed by atoms with E-state index in [0.717, 1.165) is 23.2 Å². The average Bonchev–Trinajstić information content (AvgIpc) is 2.78. The van der Waals surface area contributed by atoms with Gasteiger partial charge in [0.1, 0.15) is 23.3 Å². The van der Waals surface area contributed by atoms with E-state index in [9.17, 15) is 23.1 Å². The minimum Gasteiger partial charge on any atom is -0.389 e. The molecule has 0 aliphatic carbocycles. The van der Waals surface area contributed by atoms with Crippen LogP contribution >= 0.6 is 0 Å². The van der Waals surface area contributed by atoms with Gasteiger partial charge in [0.15, 0.2) is 15.6 Å². The molecule has 0 fully saturated rings. The summed E-state index contributed by atoms with van der Waals surface area (Å²) in [5.41, 5.74) is 1.98. The normalized spacial score (nSPS) is 17.9. The van der Waals surface area contributed by atoms with E-state index in [1.165, 1.54) is 11.8 Å².